The number of hydrogen-bond acceptors (Lipinski definition) is 1. The van der Waals surface area contributed by atoms with E-state index in [0.717, 1.165) is 28.9 Å². The molecule has 0 unspecified atom stereocenters. The highest BCUT2D eigenvalue weighted by atomic mass is 16.5. The average molecular weight is 255 g/mol. The Hall–Kier alpha value is -1.83. The zero-order valence-electron chi connectivity index (χ0n) is 11.7. The molecule has 3 rings (SSSR count). The van der Waals surface area contributed by atoms with Gasteiger partial charge in [0.25, 0.3) is 0 Å². The summed E-state index contributed by atoms with van der Waals surface area (Å²) in [4.78, 5) is 0. The summed E-state index contributed by atoms with van der Waals surface area (Å²) in [6, 6.07) is 10.4. The van der Waals surface area contributed by atoms with Gasteiger partial charge in [0.15, 0.2) is 0 Å². The molecule has 19 heavy (non-hydrogen) atoms. The van der Waals surface area contributed by atoms with E-state index in [1.165, 1.54) is 5.56 Å². The van der Waals surface area contributed by atoms with Gasteiger partial charge in [-0.1, -0.05) is 26.0 Å². The highest BCUT2D eigenvalue weighted by molar-refractivity contribution is 5.79. The third-order valence-corrected chi connectivity index (χ3v) is 3.67. The van der Waals surface area contributed by atoms with E-state index >= 15 is 0 Å². The average Bonchev–Trinajstić information content (AvgIpc) is 2.37. The van der Waals surface area contributed by atoms with Crippen LogP contribution in [-0.2, 0) is 10.2 Å². The molecule has 1 aromatic heterocycles. The van der Waals surface area contributed by atoms with Crippen molar-refractivity contribution in [2.75, 3.05) is 6.61 Å². The molecular weight excluding hydrogens is 236 g/mol. The smallest absolute Gasteiger partial charge is 0.360 e. The predicted octanol–water partition coefficient (Wildman–Crippen LogP) is 4.77. The van der Waals surface area contributed by atoms with Crippen molar-refractivity contribution in [3.05, 3.63) is 47.4 Å². The molecule has 0 bridgehead atoms. The van der Waals surface area contributed by atoms with E-state index in [1.807, 2.05) is 31.2 Å². The van der Waals surface area contributed by atoms with Gasteiger partial charge < -0.3 is 4.74 Å². The van der Waals surface area contributed by atoms with E-state index in [1.54, 1.807) is 0 Å². The van der Waals surface area contributed by atoms with E-state index in [4.69, 9.17) is 9.15 Å². The van der Waals surface area contributed by atoms with Crippen LogP contribution in [0.3, 0.4) is 0 Å². The van der Waals surface area contributed by atoms with Crippen LogP contribution in [0.2, 0.25) is 0 Å². The molecular formula is C17H19O2+. The van der Waals surface area contributed by atoms with Gasteiger partial charge in [-0.15, -0.1) is 0 Å². The second-order valence-electron chi connectivity index (χ2n) is 5.67. The first kappa shape index (κ1) is 12.2. The van der Waals surface area contributed by atoms with Crippen molar-refractivity contribution in [3.8, 4) is 0 Å². The van der Waals surface area contributed by atoms with Crippen LogP contribution in [0.5, 0.6) is 0 Å². The standard InChI is InChI=1S/C17H19O2/c1-4-18-13-10-16-14(17(2,3)11-13)9-12-7-5-6-8-15(12)19-16/h5-10H,4,11H2,1-3H3/q+1. The topological polar surface area (TPSA) is 20.5 Å². The van der Waals surface area contributed by atoms with Gasteiger partial charge >= 0.3 is 11.3 Å². The summed E-state index contributed by atoms with van der Waals surface area (Å²) in [6.45, 7) is 7.19. The van der Waals surface area contributed by atoms with Gasteiger partial charge in [0.2, 0.25) is 0 Å². The number of benzene rings is 1. The molecule has 0 saturated heterocycles. The molecule has 0 aliphatic heterocycles. The number of rotatable bonds is 2. The van der Waals surface area contributed by atoms with Gasteiger partial charge in [0.05, 0.1) is 23.6 Å². The Balaban J connectivity index is 2.21. The minimum Gasteiger partial charge on any atom is -0.498 e. The summed E-state index contributed by atoms with van der Waals surface area (Å²) < 4.78 is 11.7. The van der Waals surface area contributed by atoms with Gasteiger partial charge in [0.1, 0.15) is 5.76 Å². The summed E-state index contributed by atoms with van der Waals surface area (Å²) >= 11 is 0. The highest BCUT2D eigenvalue weighted by Gasteiger charge is 2.36. The summed E-state index contributed by atoms with van der Waals surface area (Å²) in [5, 5.41) is 1.16. The maximum Gasteiger partial charge on any atom is 0.360 e. The van der Waals surface area contributed by atoms with Crippen molar-refractivity contribution in [2.45, 2.75) is 32.6 Å². The Morgan fingerprint density at radius 2 is 2.05 bits per heavy atom. The molecule has 0 atom stereocenters. The summed E-state index contributed by atoms with van der Waals surface area (Å²) in [7, 11) is 0. The second kappa shape index (κ2) is 4.37. The third-order valence-electron chi connectivity index (χ3n) is 3.67. The lowest BCUT2D eigenvalue weighted by atomic mass is 9.77. The van der Waals surface area contributed by atoms with Crippen LogP contribution in [0.4, 0.5) is 0 Å². The number of fused-ring (bicyclic) bond motifs is 2. The van der Waals surface area contributed by atoms with E-state index < -0.39 is 0 Å². The minimum atomic E-state index is 0.0438. The quantitative estimate of drug-likeness (QED) is 0.720. The maximum absolute atomic E-state index is 6.04. The zero-order valence-corrected chi connectivity index (χ0v) is 11.7. The first-order chi connectivity index (χ1) is 9.10. The maximum atomic E-state index is 6.04. The molecule has 0 amide bonds. The molecule has 1 aliphatic rings. The fraction of sp³-hybridized carbons (Fsp3) is 0.353. The monoisotopic (exact) mass is 255 g/mol. The van der Waals surface area contributed by atoms with E-state index in [9.17, 15) is 0 Å². The normalized spacial score (nSPS) is 16.9. The largest absolute Gasteiger partial charge is 0.498 e. The summed E-state index contributed by atoms with van der Waals surface area (Å²) in [6.07, 6.45) is 2.96. The van der Waals surface area contributed by atoms with E-state index in [2.05, 4.69) is 26.0 Å². The number of allylic oxidation sites excluding steroid dienone is 1. The van der Waals surface area contributed by atoms with Crippen molar-refractivity contribution in [1.82, 2.24) is 0 Å². The molecule has 0 saturated carbocycles. The van der Waals surface area contributed by atoms with Gasteiger partial charge in [0, 0.05) is 17.9 Å². The molecule has 0 N–H and O–H groups in total. The molecule has 0 radical (unpaired) electrons. The lowest BCUT2D eigenvalue weighted by Gasteiger charge is -2.27. The third kappa shape index (κ3) is 2.12. The van der Waals surface area contributed by atoms with Crippen molar-refractivity contribution in [2.24, 2.45) is 0 Å². The second-order valence-corrected chi connectivity index (χ2v) is 5.67. The Labute approximate surface area is 113 Å². The number of hydrogen-bond donors (Lipinski definition) is 0. The van der Waals surface area contributed by atoms with Crippen LogP contribution in [0, 0.1) is 0 Å². The lowest BCUT2D eigenvalue weighted by molar-refractivity contribution is 0.203. The van der Waals surface area contributed by atoms with E-state index in [0.29, 0.717) is 6.61 Å². The number of para-hydroxylation sites is 1. The number of ether oxygens (including phenoxy) is 1. The van der Waals surface area contributed by atoms with Crippen molar-refractivity contribution < 1.29 is 9.15 Å². The first-order valence-corrected chi connectivity index (χ1v) is 6.80. The van der Waals surface area contributed by atoms with Gasteiger partial charge in [-0.25, -0.2) is 4.42 Å². The first-order valence-electron chi connectivity index (χ1n) is 6.80. The highest BCUT2D eigenvalue weighted by Crippen LogP contribution is 2.40. The van der Waals surface area contributed by atoms with Crippen LogP contribution in [0.15, 0.2) is 40.5 Å². The Morgan fingerprint density at radius 3 is 2.84 bits per heavy atom. The molecule has 1 aliphatic carbocycles. The zero-order chi connectivity index (χ0) is 13.5. The lowest BCUT2D eigenvalue weighted by Crippen LogP contribution is -2.23. The Morgan fingerprint density at radius 1 is 1.26 bits per heavy atom. The Kier molecular flexibility index (Phi) is 2.81. The molecule has 2 heteroatoms. The molecule has 2 nitrogen and oxygen atoms in total. The summed E-state index contributed by atoms with van der Waals surface area (Å²) in [5.41, 5.74) is 2.22. The molecule has 0 spiro atoms. The van der Waals surface area contributed by atoms with Gasteiger partial charge in [-0.3, -0.25) is 0 Å². The van der Waals surface area contributed by atoms with Crippen LogP contribution >= 0.6 is 0 Å². The predicted molar refractivity (Wildman–Crippen MR) is 77.9 cm³/mol. The fourth-order valence-electron chi connectivity index (χ4n) is 2.74. The minimum absolute atomic E-state index is 0.0438. The van der Waals surface area contributed by atoms with Crippen molar-refractivity contribution in [1.29, 1.82) is 0 Å². The molecule has 2 aromatic rings. The molecule has 0 fully saturated rings. The van der Waals surface area contributed by atoms with E-state index in [-0.39, 0.29) is 5.41 Å². The fourth-order valence-corrected chi connectivity index (χ4v) is 2.74. The molecule has 98 valence electrons. The van der Waals surface area contributed by atoms with Crippen molar-refractivity contribution in [3.63, 3.8) is 0 Å². The van der Waals surface area contributed by atoms with Gasteiger partial charge in [-0.05, 0) is 19.1 Å². The van der Waals surface area contributed by atoms with Crippen LogP contribution in [0.25, 0.3) is 17.0 Å². The summed E-state index contributed by atoms with van der Waals surface area (Å²) in [5.74, 6) is 1.94. The van der Waals surface area contributed by atoms with Crippen LogP contribution in [0.1, 0.15) is 38.5 Å². The van der Waals surface area contributed by atoms with Crippen molar-refractivity contribution >= 4 is 17.0 Å². The van der Waals surface area contributed by atoms with Gasteiger partial charge in [-0.2, -0.15) is 0 Å². The van der Waals surface area contributed by atoms with Crippen LogP contribution < -0.4 is 0 Å². The Bertz CT molecular complexity index is 653. The van der Waals surface area contributed by atoms with Crippen LogP contribution in [-0.4, -0.2) is 6.61 Å². The SMILES string of the molecule is CCOC1=Cc2[o+]c3ccccc3cc2C(C)(C)C1. The molecule has 1 heterocycles. The molecule has 1 aromatic carbocycles.